The maximum atomic E-state index is 12.7. The fourth-order valence-corrected chi connectivity index (χ4v) is 3.59. The van der Waals surface area contributed by atoms with Gasteiger partial charge in [0.2, 0.25) is 0 Å². The zero-order chi connectivity index (χ0) is 18.8. The lowest BCUT2D eigenvalue weighted by atomic mass is 9.81. The molecule has 0 saturated heterocycles. The smallest absolute Gasteiger partial charge is 0.354 e. The SMILES string of the molecule is CCOc1ccc([C@H]2CC(=O)c3c([nH]c(C(=O)OC)c3C)C2)cc1OC. The van der Waals surface area contributed by atoms with E-state index in [9.17, 15) is 9.59 Å². The lowest BCUT2D eigenvalue weighted by Gasteiger charge is -2.23. The number of H-pyrrole nitrogens is 1. The molecule has 1 N–H and O–H groups in total. The monoisotopic (exact) mass is 357 g/mol. The topological polar surface area (TPSA) is 77.6 Å². The number of fused-ring (bicyclic) bond motifs is 1. The molecule has 138 valence electrons. The van der Waals surface area contributed by atoms with Gasteiger partial charge in [0.15, 0.2) is 17.3 Å². The maximum absolute atomic E-state index is 12.7. The lowest BCUT2D eigenvalue weighted by molar-refractivity contribution is 0.0593. The van der Waals surface area contributed by atoms with Crippen molar-refractivity contribution in [3.8, 4) is 11.5 Å². The molecule has 1 atom stereocenters. The van der Waals surface area contributed by atoms with Gasteiger partial charge in [0.25, 0.3) is 0 Å². The number of rotatable bonds is 5. The van der Waals surface area contributed by atoms with E-state index in [1.807, 2.05) is 25.1 Å². The van der Waals surface area contributed by atoms with E-state index in [4.69, 9.17) is 14.2 Å². The van der Waals surface area contributed by atoms with Gasteiger partial charge in [-0.05, 0) is 49.4 Å². The van der Waals surface area contributed by atoms with Crippen LogP contribution in [0.2, 0.25) is 0 Å². The molecule has 1 aliphatic carbocycles. The van der Waals surface area contributed by atoms with Crippen LogP contribution in [0.1, 0.15) is 56.9 Å². The van der Waals surface area contributed by atoms with Crippen molar-refractivity contribution in [1.29, 1.82) is 0 Å². The van der Waals surface area contributed by atoms with Crippen LogP contribution in [0.3, 0.4) is 0 Å². The highest BCUT2D eigenvalue weighted by molar-refractivity contribution is 6.03. The van der Waals surface area contributed by atoms with E-state index in [0.29, 0.717) is 47.8 Å². The molecule has 0 aliphatic heterocycles. The summed E-state index contributed by atoms with van der Waals surface area (Å²) >= 11 is 0. The summed E-state index contributed by atoms with van der Waals surface area (Å²) in [7, 11) is 2.93. The summed E-state index contributed by atoms with van der Waals surface area (Å²) in [5.74, 6) is 0.936. The van der Waals surface area contributed by atoms with Gasteiger partial charge in [-0.3, -0.25) is 4.79 Å². The Kier molecular flexibility index (Phi) is 5.02. The van der Waals surface area contributed by atoms with Crippen LogP contribution in [0, 0.1) is 6.92 Å². The van der Waals surface area contributed by atoms with Gasteiger partial charge in [-0.1, -0.05) is 6.07 Å². The van der Waals surface area contributed by atoms with Crippen LogP contribution in [0.15, 0.2) is 18.2 Å². The fraction of sp³-hybridized carbons (Fsp3) is 0.400. The number of ketones is 1. The molecule has 3 rings (SSSR count). The number of carbonyl (C=O) groups excluding carboxylic acids is 2. The van der Waals surface area contributed by atoms with Crippen molar-refractivity contribution in [3.05, 3.63) is 46.3 Å². The second-order valence-corrected chi connectivity index (χ2v) is 6.34. The van der Waals surface area contributed by atoms with Gasteiger partial charge in [-0.2, -0.15) is 0 Å². The van der Waals surface area contributed by atoms with Crippen molar-refractivity contribution in [2.45, 2.75) is 32.6 Å². The minimum atomic E-state index is -0.455. The van der Waals surface area contributed by atoms with Gasteiger partial charge in [0, 0.05) is 17.7 Å². The van der Waals surface area contributed by atoms with Gasteiger partial charge in [0.1, 0.15) is 5.69 Å². The lowest BCUT2D eigenvalue weighted by Crippen LogP contribution is -2.18. The minimum absolute atomic E-state index is 0.0168. The van der Waals surface area contributed by atoms with Gasteiger partial charge >= 0.3 is 5.97 Å². The predicted molar refractivity (Wildman–Crippen MR) is 96.4 cm³/mol. The Morgan fingerprint density at radius 3 is 2.65 bits per heavy atom. The first kappa shape index (κ1) is 18.0. The van der Waals surface area contributed by atoms with E-state index in [1.165, 1.54) is 7.11 Å². The number of hydrogen-bond acceptors (Lipinski definition) is 5. The van der Waals surface area contributed by atoms with Crippen LogP contribution >= 0.6 is 0 Å². The summed E-state index contributed by atoms with van der Waals surface area (Å²) in [6.07, 6.45) is 1.04. The number of aromatic nitrogens is 1. The molecule has 6 nitrogen and oxygen atoms in total. The number of methoxy groups -OCH3 is 2. The predicted octanol–water partition coefficient (Wildman–Crippen LogP) is 3.43. The molecule has 0 saturated carbocycles. The van der Waals surface area contributed by atoms with Crippen LogP contribution in [0.25, 0.3) is 0 Å². The van der Waals surface area contributed by atoms with E-state index < -0.39 is 5.97 Å². The van der Waals surface area contributed by atoms with Crippen LogP contribution < -0.4 is 9.47 Å². The Balaban J connectivity index is 1.94. The first-order valence-electron chi connectivity index (χ1n) is 8.63. The Hall–Kier alpha value is -2.76. The Labute approximate surface area is 152 Å². The molecule has 0 fully saturated rings. The largest absolute Gasteiger partial charge is 0.493 e. The van der Waals surface area contributed by atoms with Crippen LogP contribution in [-0.2, 0) is 11.2 Å². The zero-order valence-electron chi connectivity index (χ0n) is 15.5. The van der Waals surface area contributed by atoms with E-state index in [0.717, 1.165) is 11.3 Å². The molecular formula is C20H23NO5. The molecular weight excluding hydrogens is 334 g/mol. The van der Waals surface area contributed by atoms with Gasteiger partial charge in [-0.15, -0.1) is 0 Å². The van der Waals surface area contributed by atoms with Crippen molar-refractivity contribution >= 4 is 11.8 Å². The maximum Gasteiger partial charge on any atom is 0.354 e. The summed E-state index contributed by atoms with van der Waals surface area (Å²) in [5, 5.41) is 0. The summed E-state index contributed by atoms with van der Waals surface area (Å²) in [4.78, 5) is 27.7. The molecule has 1 aromatic heterocycles. The third kappa shape index (κ3) is 3.07. The third-order valence-corrected chi connectivity index (χ3v) is 4.84. The molecule has 0 spiro atoms. The second kappa shape index (κ2) is 7.23. The molecule has 0 unspecified atom stereocenters. The van der Waals surface area contributed by atoms with Crippen molar-refractivity contribution in [1.82, 2.24) is 4.98 Å². The zero-order valence-corrected chi connectivity index (χ0v) is 15.5. The first-order valence-corrected chi connectivity index (χ1v) is 8.63. The number of esters is 1. The molecule has 1 aliphatic rings. The van der Waals surface area contributed by atoms with Gasteiger partial charge in [-0.25, -0.2) is 4.79 Å². The van der Waals surface area contributed by atoms with Crippen LogP contribution in [0.5, 0.6) is 11.5 Å². The highest BCUT2D eigenvalue weighted by Gasteiger charge is 2.32. The van der Waals surface area contributed by atoms with E-state index in [1.54, 1.807) is 14.0 Å². The summed E-state index contributed by atoms with van der Waals surface area (Å²) in [5.41, 5.74) is 3.45. The quantitative estimate of drug-likeness (QED) is 0.830. The first-order chi connectivity index (χ1) is 12.5. The number of carbonyl (C=O) groups is 2. The van der Waals surface area contributed by atoms with Gasteiger partial charge in [0.05, 0.1) is 20.8 Å². The minimum Gasteiger partial charge on any atom is -0.493 e. The highest BCUT2D eigenvalue weighted by Crippen LogP contribution is 2.38. The molecule has 0 bridgehead atoms. The molecule has 26 heavy (non-hydrogen) atoms. The Morgan fingerprint density at radius 1 is 1.23 bits per heavy atom. The van der Waals surface area contributed by atoms with E-state index >= 15 is 0 Å². The van der Waals surface area contributed by atoms with E-state index in [-0.39, 0.29) is 11.7 Å². The second-order valence-electron chi connectivity index (χ2n) is 6.34. The Morgan fingerprint density at radius 2 is 2.00 bits per heavy atom. The standard InChI is InChI=1S/C20H23NO5/c1-5-26-16-7-6-12(10-17(16)24-3)13-8-14-18(15(22)9-13)11(2)19(21-14)20(23)25-4/h6-7,10,13,21H,5,8-9H2,1-4H3/t13-/m1/s1. The third-order valence-electron chi connectivity index (χ3n) is 4.84. The normalized spacial score (nSPS) is 16.2. The number of nitrogens with one attached hydrogen (secondary N) is 1. The molecule has 6 heteroatoms. The number of Topliss-reactive ketones (excluding diaryl/α,β-unsaturated/α-hetero) is 1. The summed E-state index contributed by atoms with van der Waals surface area (Å²) in [6.45, 7) is 4.25. The Bertz CT molecular complexity index is 852. The number of hydrogen-bond donors (Lipinski definition) is 1. The van der Waals surface area contributed by atoms with Gasteiger partial charge < -0.3 is 19.2 Å². The van der Waals surface area contributed by atoms with Crippen LogP contribution in [0.4, 0.5) is 0 Å². The molecule has 0 radical (unpaired) electrons. The molecule has 0 amide bonds. The average molecular weight is 357 g/mol. The van der Waals surface area contributed by atoms with Crippen LogP contribution in [-0.4, -0.2) is 37.6 Å². The molecule has 2 aromatic rings. The fourth-order valence-electron chi connectivity index (χ4n) is 3.59. The summed E-state index contributed by atoms with van der Waals surface area (Å²) in [6, 6.07) is 5.76. The highest BCUT2D eigenvalue weighted by atomic mass is 16.5. The summed E-state index contributed by atoms with van der Waals surface area (Å²) < 4.78 is 15.8. The molecule has 1 aromatic carbocycles. The van der Waals surface area contributed by atoms with Crippen molar-refractivity contribution in [2.24, 2.45) is 0 Å². The molecule has 1 heterocycles. The van der Waals surface area contributed by atoms with Crippen molar-refractivity contribution < 1.29 is 23.8 Å². The number of aromatic amines is 1. The van der Waals surface area contributed by atoms with Crippen molar-refractivity contribution in [3.63, 3.8) is 0 Å². The van der Waals surface area contributed by atoms with E-state index in [2.05, 4.69) is 4.98 Å². The number of benzene rings is 1. The average Bonchev–Trinajstić information content (AvgIpc) is 2.98. The van der Waals surface area contributed by atoms with Crippen molar-refractivity contribution in [2.75, 3.05) is 20.8 Å². The number of ether oxygens (including phenoxy) is 3.